The summed E-state index contributed by atoms with van der Waals surface area (Å²) in [7, 11) is 1.79. The van der Waals surface area contributed by atoms with Crippen molar-refractivity contribution >= 4 is 44.3 Å². The Kier molecular flexibility index (Phi) is 4.16. The van der Waals surface area contributed by atoms with E-state index in [1.807, 2.05) is 24.3 Å². The van der Waals surface area contributed by atoms with Gasteiger partial charge in [-0.25, -0.2) is 9.97 Å². The molecule has 1 aromatic carbocycles. The van der Waals surface area contributed by atoms with E-state index in [4.69, 9.17) is 4.74 Å². The van der Waals surface area contributed by atoms with E-state index in [9.17, 15) is 0 Å². The molecule has 2 rings (SSSR count). The molecule has 0 aliphatic carbocycles. The molecule has 0 radical (unpaired) electrons. The van der Waals surface area contributed by atoms with E-state index in [-0.39, 0.29) is 0 Å². The van der Waals surface area contributed by atoms with Gasteiger partial charge in [-0.05, 0) is 62.8 Å². The zero-order valence-electron chi connectivity index (χ0n) is 8.95. The van der Waals surface area contributed by atoms with Crippen LogP contribution in [-0.4, -0.2) is 17.0 Å². The van der Waals surface area contributed by atoms with Gasteiger partial charge in [-0.1, -0.05) is 0 Å². The van der Waals surface area contributed by atoms with Crippen LogP contribution in [0.25, 0.3) is 0 Å². The Morgan fingerprint density at radius 2 is 1.94 bits per heavy atom. The van der Waals surface area contributed by atoms with Crippen molar-refractivity contribution in [3.05, 3.63) is 38.6 Å². The highest BCUT2D eigenvalue weighted by atomic mass is 127. The Bertz CT molecular complexity index is 519. The zero-order valence-corrected chi connectivity index (χ0v) is 12.7. The van der Waals surface area contributed by atoms with Crippen LogP contribution in [0.15, 0.2) is 35.1 Å². The highest BCUT2D eigenvalue weighted by Crippen LogP contribution is 2.31. The zero-order chi connectivity index (χ0) is 12.3. The third-order valence-electron chi connectivity index (χ3n) is 2.02. The number of benzene rings is 1. The third-order valence-corrected chi connectivity index (χ3v) is 3.46. The van der Waals surface area contributed by atoms with Crippen molar-refractivity contribution in [2.24, 2.45) is 0 Å². The molecule has 6 heteroatoms. The predicted octanol–water partition coefficient (Wildman–Crippen LogP) is 3.68. The first kappa shape index (κ1) is 12.6. The Morgan fingerprint density at radius 3 is 2.59 bits per heavy atom. The number of ether oxygens (including phenoxy) is 1. The van der Waals surface area contributed by atoms with Gasteiger partial charge in [-0.3, -0.25) is 0 Å². The molecular weight excluding hydrogens is 397 g/mol. The fourth-order valence-electron chi connectivity index (χ4n) is 1.21. The maximum absolute atomic E-state index is 5.67. The van der Waals surface area contributed by atoms with Crippen molar-refractivity contribution in [3.8, 4) is 11.6 Å². The number of nitrogens with zero attached hydrogens (tertiary/aromatic N) is 2. The number of hydrogen-bond acceptors (Lipinski definition) is 4. The van der Waals surface area contributed by atoms with Crippen LogP contribution in [0.3, 0.4) is 0 Å². The monoisotopic (exact) mass is 405 g/mol. The minimum atomic E-state index is 0.491. The van der Waals surface area contributed by atoms with Crippen LogP contribution in [0.1, 0.15) is 0 Å². The Hall–Kier alpha value is -0.890. The summed E-state index contributed by atoms with van der Waals surface area (Å²) in [5, 5.41) is 2.95. The third kappa shape index (κ3) is 3.06. The molecule has 0 aliphatic heterocycles. The van der Waals surface area contributed by atoms with Gasteiger partial charge in [-0.15, -0.1) is 0 Å². The van der Waals surface area contributed by atoms with Crippen molar-refractivity contribution in [3.63, 3.8) is 0 Å². The van der Waals surface area contributed by atoms with Crippen molar-refractivity contribution in [2.45, 2.75) is 0 Å². The molecule has 2 aromatic rings. The lowest BCUT2D eigenvalue weighted by Crippen LogP contribution is -1.97. The van der Waals surface area contributed by atoms with Crippen LogP contribution in [0.2, 0.25) is 0 Å². The SMILES string of the molecule is CNc1ncnc(Oc2ccc(I)cc2)c1Br. The number of halogens is 2. The Balaban J connectivity index is 2.27. The lowest BCUT2D eigenvalue weighted by atomic mass is 10.3. The number of anilines is 1. The topological polar surface area (TPSA) is 47.0 Å². The Labute approximate surface area is 121 Å². The van der Waals surface area contributed by atoms with E-state index in [0.717, 1.165) is 9.32 Å². The summed E-state index contributed by atoms with van der Waals surface area (Å²) in [5.74, 6) is 1.93. The number of nitrogens with one attached hydrogen (secondary N) is 1. The normalized spacial score (nSPS) is 10.1. The summed E-state index contributed by atoms with van der Waals surface area (Å²) in [6.45, 7) is 0. The van der Waals surface area contributed by atoms with Gasteiger partial charge >= 0.3 is 0 Å². The summed E-state index contributed by atoms with van der Waals surface area (Å²) >= 11 is 5.64. The summed E-state index contributed by atoms with van der Waals surface area (Å²) in [4.78, 5) is 8.15. The van der Waals surface area contributed by atoms with Crippen LogP contribution in [0.5, 0.6) is 11.6 Å². The van der Waals surface area contributed by atoms with E-state index in [1.165, 1.54) is 6.33 Å². The minimum absolute atomic E-state index is 0.491. The van der Waals surface area contributed by atoms with Crippen molar-refractivity contribution in [1.82, 2.24) is 9.97 Å². The fourth-order valence-corrected chi connectivity index (χ4v) is 2.06. The highest BCUT2D eigenvalue weighted by Gasteiger charge is 2.09. The first-order chi connectivity index (χ1) is 8.20. The second-order valence-electron chi connectivity index (χ2n) is 3.15. The summed E-state index contributed by atoms with van der Waals surface area (Å²) in [6.07, 6.45) is 1.46. The molecule has 0 amide bonds. The molecule has 0 aliphatic rings. The van der Waals surface area contributed by atoms with E-state index in [1.54, 1.807) is 7.05 Å². The molecule has 17 heavy (non-hydrogen) atoms. The van der Waals surface area contributed by atoms with Gasteiger partial charge in [0.1, 0.15) is 22.4 Å². The van der Waals surface area contributed by atoms with E-state index < -0.39 is 0 Å². The predicted molar refractivity (Wildman–Crippen MR) is 78.5 cm³/mol. The van der Waals surface area contributed by atoms with Crippen molar-refractivity contribution in [1.29, 1.82) is 0 Å². The van der Waals surface area contributed by atoms with Crippen molar-refractivity contribution < 1.29 is 4.74 Å². The molecule has 1 N–H and O–H groups in total. The smallest absolute Gasteiger partial charge is 0.238 e. The van der Waals surface area contributed by atoms with Gasteiger partial charge in [0, 0.05) is 10.6 Å². The molecule has 88 valence electrons. The van der Waals surface area contributed by atoms with Gasteiger partial charge in [0.15, 0.2) is 0 Å². The summed E-state index contributed by atoms with van der Waals surface area (Å²) in [6, 6.07) is 7.75. The first-order valence-electron chi connectivity index (χ1n) is 4.82. The highest BCUT2D eigenvalue weighted by molar-refractivity contribution is 14.1. The number of hydrogen-bond donors (Lipinski definition) is 1. The van der Waals surface area contributed by atoms with Crippen LogP contribution in [0, 0.1) is 3.57 Å². The van der Waals surface area contributed by atoms with Gasteiger partial charge < -0.3 is 10.1 Å². The van der Waals surface area contributed by atoms with Gasteiger partial charge in [-0.2, -0.15) is 0 Å². The minimum Gasteiger partial charge on any atom is -0.438 e. The molecule has 0 fully saturated rings. The van der Waals surface area contributed by atoms with Crippen LogP contribution in [0.4, 0.5) is 5.82 Å². The van der Waals surface area contributed by atoms with Crippen LogP contribution in [-0.2, 0) is 0 Å². The molecule has 0 saturated heterocycles. The standard InChI is InChI=1S/C11H9BrIN3O/c1-14-10-9(12)11(16-6-15-10)17-8-4-2-7(13)3-5-8/h2-6H,1H3,(H,14,15,16). The van der Waals surface area contributed by atoms with E-state index >= 15 is 0 Å². The average molecular weight is 406 g/mol. The lowest BCUT2D eigenvalue weighted by Gasteiger charge is -2.08. The lowest BCUT2D eigenvalue weighted by molar-refractivity contribution is 0.458. The van der Waals surface area contributed by atoms with Gasteiger partial charge in [0.05, 0.1) is 0 Å². The number of aromatic nitrogens is 2. The molecule has 1 heterocycles. The molecule has 0 saturated carbocycles. The quantitative estimate of drug-likeness (QED) is 0.791. The number of rotatable bonds is 3. The maximum Gasteiger partial charge on any atom is 0.238 e. The largest absolute Gasteiger partial charge is 0.438 e. The molecule has 0 unspecified atom stereocenters. The maximum atomic E-state index is 5.67. The Morgan fingerprint density at radius 1 is 1.24 bits per heavy atom. The average Bonchev–Trinajstić information content (AvgIpc) is 2.35. The van der Waals surface area contributed by atoms with Crippen LogP contribution >= 0.6 is 38.5 Å². The molecule has 1 aromatic heterocycles. The fraction of sp³-hybridized carbons (Fsp3) is 0.0909. The second kappa shape index (κ2) is 5.63. The van der Waals surface area contributed by atoms with Gasteiger partial charge in [0.2, 0.25) is 5.88 Å². The summed E-state index contributed by atoms with van der Waals surface area (Å²) in [5.41, 5.74) is 0. The molecule has 0 bridgehead atoms. The van der Waals surface area contributed by atoms with E-state index in [2.05, 4.69) is 53.8 Å². The molecule has 4 nitrogen and oxygen atoms in total. The van der Waals surface area contributed by atoms with Crippen LogP contribution < -0.4 is 10.1 Å². The molecular formula is C11H9BrIN3O. The van der Waals surface area contributed by atoms with Gasteiger partial charge in [0.25, 0.3) is 0 Å². The second-order valence-corrected chi connectivity index (χ2v) is 5.19. The van der Waals surface area contributed by atoms with E-state index in [0.29, 0.717) is 16.2 Å². The summed E-state index contributed by atoms with van der Waals surface area (Å²) < 4.78 is 7.53. The molecule has 0 spiro atoms. The van der Waals surface area contributed by atoms with Crippen molar-refractivity contribution in [2.75, 3.05) is 12.4 Å². The first-order valence-corrected chi connectivity index (χ1v) is 6.69. The molecule has 0 atom stereocenters.